The highest BCUT2D eigenvalue weighted by Gasteiger charge is 2.35. The summed E-state index contributed by atoms with van der Waals surface area (Å²) in [4.78, 5) is 47.6. The number of amides is 3. The van der Waals surface area contributed by atoms with Crippen LogP contribution in [0, 0.1) is 0 Å². The van der Waals surface area contributed by atoms with Gasteiger partial charge in [0.05, 0.1) is 21.3 Å². The zero-order valence-electron chi connectivity index (χ0n) is 15.2. The van der Waals surface area contributed by atoms with Crippen molar-refractivity contribution in [1.82, 2.24) is 10.2 Å². The van der Waals surface area contributed by atoms with E-state index in [1.807, 2.05) is 0 Å². The van der Waals surface area contributed by atoms with Crippen molar-refractivity contribution in [2.75, 3.05) is 34.5 Å². The zero-order chi connectivity index (χ0) is 20.8. The van der Waals surface area contributed by atoms with Crippen LogP contribution in [-0.2, 0) is 23.9 Å². The molecular weight excluding hydrogens is 440 g/mol. The molecule has 3 amide bonds. The van der Waals surface area contributed by atoms with E-state index in [0.717, 1.165) is 12.0 Å². The van der Waals surface area contributed by atoms with Gasteiger partial charge in [-0.1, -0.05) is 15.9 Å². The molecule has 0 aliphatic carbocycles. The smallest absolute Gasteiger partial charge is 0.343 e. The Bertz CT molecular complexity index is 852. The highest BCUT2D eigenvalue weighted by molar-refractivity contribution is 9.10. The van der Waals surface area contributed by atoms with Gasteiger partial charge in [0.2, 0.25) is 0 Å². The van der Waals surface area contributed by atoms with Crippen LogP contribution in [-0.4, -0.2) is 63.3 Å². The fraction of sp³-hybridized carbons (Fsp3) is 0.294. The van der Waals surface area contributed by atoms with Crippen LogP contribution in [0.15, 0.2) is 22.3 Å². The first-order chi connectivity index (χ1) is 13.3. The standard InChI is InChI=1S/C17H17BrN2O8/c1-25-12-5-9(10(18)6-13(12)28-8-15(22)27-3)4-11-16(23)20(17(24)19-11)7-14(21)26-2/h4-6H,7-8H2,1-3H3,(H,19,24)/b11-4+. The number of hydrogen-bond donors (Lipinski definition) is 1. The monoisotopic (exact) mass is 456 g/mol. The Hall–Kier alpha value is -3.08. The molecule has 0 bridgehead atoms. The van der Waals surface area contributed by atoms with Crippen LogP contribution in [0.4, 0.5) is 4.79 Å². The maximum absolute atomic E-state index is 12.4. The van der Waals surface area contributed by atoms with Crippen LogP contribution in [0.3, 0.4) is 0 Å². The van der Waals surface area contributed by atoms with Gasteiger partial charge in [-0.2, -0.15) is 0 Å². The van der Waals surface area contributed by atoms with E-state index < -0.39 is 30.4 Å². The minimum Gasteiger partial charge on any atom is -0.493 e. The first kappa shape index (κ1) is 21.2. The molecule has 0 aromatic heterocycles. The fourth-order valence-corrected chi connectivity index (χ4v) is 2.63. The lowest BCUT2D eigenvalue weighted by Gasteiger charge is -2.12. The second kappa shape index (κ2) is 9.22. The molecule has 0 radical (unpaired) electrons. The van der Waals surface area contributed by atoms with Crippen molar-refractivity contribution in [2.24, 2.45) is 0 Å². The summed E-state index contributed by atoms with van der Waals surface area (Å²) in [7, 11) is 3.81. The maximum atomic E-state index is 12.4. The molecule has 1 N–H and O–H groups in total. The number of hydrogen-bond acceptors (Lipinski definition) is 8. The Balaban J connectivity index is 2.28. The lowest BCUT2D eigenvalue weighted by molar-refractivity contribution is -0.143. The number of urea groups is 1. The van der Waals surface area contributed by atoms with E-state index in [1.165, 1.54) is 20.3 Å². The number of imide groups is 1. The maximum Gasteiger partial charge on any atom is 0.343 e. The van der Waals surface area contributed by atoms with Crippen molar-refractivity contribution < 1.29 is 38.1 Å². The summed E-state index contributed by atoms with van der Waals surface area (Å²) in [5.74, 6) is -1.39. The predicted octanol–water partition coefficient (Wildman–Crippen LogP) is 1.08. The molecule has 1 aliphatic heterocycles. The summed E-state index contributed by atoms with van der Waals surface area (Å²) in [5.41, 5.74) is 0.464. The SMILES string of the molecule is COC(=O)COc1cc(Br)c(/C=C2/NC(=O)N(CC(=O)OC)C2=O)cc1OC. The van der Waals surface area contributed by atoms with Crippen LogP contribution in [0.5, 0.6) is 11.5 Å². The number of carbonyl (C=O) groups is 4. The second-order valence-corrected chi connectivity index (χ2v) is 6.20. The van der Waals surface area contributed by atoms with Crippen molar-refractivity contribution >= 4 is 45.9 Å². The predicted molar refractivity (Wildman–Crippen MR) is 98.4 cm³/mol. The molecule has 11 heteroatoms. The van der Waals surface area contributed by atoms with E-state index in [4.69, 9.17) is 9.47 Å². The summed E-state index contributed by atoms with van der Waals surface area (Å²) in [6.45, 7) is -0.805. The first-order valence-electron chi connectivity index (χ1n) is 7.79. The molecule has 1 saturated heterocycles. The Morgan fingerprint density at radius 1 is 1.11 bits per heavy atom. The number of methoxy groups -OCH3 is 3. The van der Waals surface area contributed by atoms with Crippen molar-refractivity contribution in [3.63, 3.8) is 0 Å². The molecule has 28 heavy (non-hydrogen) atoms. The van der Waals surface area contributed by atoms with Gasteiger partial charge in [0.15, 0.2) is 18.1 Å². The molecule has 0 spiro atoms. The first-order valence-corrected chi connectivity index (χ1v) is 8.58. The van der Waals surface area contributed by atoms with Gasteiger partial charge in [-0.05, 0) is 23.8 Å². The minimum atomic E-state index is -0.734. The third-order valence-electron chi connectivity index (χ3n) is 3.63. The Kier molecular flexibility index (Phi) is 6.99. The third kappa shape index (κ3) is 4.80. The Morgan fingerprint density at radius 2 is 1.79 bits per heavy atom. The van der Waals surface area contributed by atoms with Crippen LogP contribution >= 0.6 is 15.9 Å². The number of halogens is 1. The largest absolute Gasteiger partial charge is 0.493 e. The van der Waals surface area contributed by atoms with E-state index in [-0.39, 0.29) is 18.1 Å². The molecule has 1 aromatic rings. The van der Waals surface area contributed by atoms with Gasteiger partial charge in [0.1, 0.15) is 12.2 Å². The van der Waals surface area contributed by atoms with Gasteiger partial charge in [0, 0.05) is 4.47 Å². The van der Waals surface area contributed by atoms with Crippen molar-refractivity contribution in [2.45, 2.75) is 0 Å². The summed E-state index contributed by atoms with van der Waals surface area (Å²) in [6, 6.07) is 2.36. The van der Waals surface area contributed by atoms with Gasteiger partial charge in [-0.25, -0.2) is 14.5 Å². The van der Waals surface area contributed by atoms with Crippen LogP contribution in [0.25, 0.3) is 6.08 Å². The van der Waals surface area contributed by atoms with Gasteiger partial charge in [-0.15, -0.1) is 0 Å². The van der Waals surface area contributed by atoms with Crippen molar-refractivity contribution in [1.29, 1.82) is 0 Å². The number of rotatable bonds is 7. The summed E-state index contributed by atoms with van der Waals surface area (Å²) >= 11 is 3.34. The van der Waals surface area contributed by atoms with Gasteiger partial charge < -0.3 is 24.3 Å². The molecule has 10 nitrogen and oxygen atoms in total. The van der Waals surface area contributed by atoms with E-state index >= 15 is 0 Å². The molecule has 0 saturated carbocycles. The zero-order valence-corrected chi connectivity index (χ0v) is 16.8. The molecule has 2 rings (SSSR count). The van der Waals surface area contributed by atoms with Gasteiger partial charge in [-0.3, -0.25) is 9.59 Å². The molecule has 0 atom stereocenters. The lowest BCUT2D eigenvalue weighted by Crippen LogP contribution is -2.36. The Labute approximate surface area is 168 Å². The van der Waals surface area contributed by atoms with E-state index in [0.29, 0.717) is 15.8 Å². The number of nitrogens with one attached hydrogen (secondary N) is 1. The summed E-state index contributed by atoms with van der Waals surface area (Å²) < 4.78 is 20.1. The second-order valence-electron chi connectivity index (χ2n) is 5.34. The van der Waals surface area contributed by atoms with Crippen LogP contribution in [0.2, 0.25) is 0 Å². The average Bonchev–Trinajstić information content (AvgIpc) is 2.94. The Morgan fingerprint density at radius 3 is 2.39 bits per heavy atom. The molecule has 150 valence electrons. The summed E-state index contributed by atoms with van der Waals surface area (Å²) in [5, 5.41) is 2.40. The summed E-state index contributed by atoms with van der Waals surface area (Å²) in [6.07, 6.45) is 1.41. The third-order valence-corrected chi connectivity index (χ3v) is 4.32. The van der Waals surface area contributed by atoms with Crippen LogP contribution in [0.1, 0.15) is 5.56 Å². The minimum absolute atomic E-state index is 0.0279. The molecular formula is C17H17BrN2O8. The van der Waals surface area contributed by atoms with E-state index in [9.17, 15) is 19.2 Å². The van der Waals surface area contributed by atoms with Crippen LogP contribution < -0.4 is 14.8 Å². The topological polar surface area (TPSA) is 120 Å². The highest BCUT2D eigenvalue weighted by atomic mass is 79.9. The molecule has 1 heterocycles. The normalized spacial score (nSPS) is 14.7. The number of nitrogens with zero attached hydrogens (tertiary/aromatic N) is 1. The number of ether oxygens (including phenoxy) is 4. The van der Waals surface area contributed by atoms with E-state index in [1.54, 1.807) is 12.1 Å². The van der Waals surface area contributed by atoms with Crippen molar-refractivity contribution in [3.05, 3.63) is 27.9 Å². The molecule has 1 fully saturated rings. The van der Waals surface area contributed by atoms with Crippen molar-refractivity contribution in [3.8, 4) is 11.5 Å². The molecule has 1 aliphatic rings. The number of esters is 2. The molecule has 1 aromatic carbocycles. The fourth-order valence-electron chi connectivity index (χ4n) is 2.19. The lowest BCUT2D eigenvalue weighted by atomic mass is 10.1. The number of carbonyl (C=O) groups excluding carboxylic acids is 4. The quantitative estimate of drug-likeness (QED) is 0.367. The van der Waals surface area contributed by atoms with Gasteiger partial charge in [0.25, 0.3) is 5.91 Å². The highest BCUT2D eigenvalue weighted by Crippen LogP contribution is 2.35. The van der Waals surface area contributed by atoms with E-state index in [2.05, 4.69) is 30.7 Å². The average molecular weight is 457 g/mol. The molecule has 0 unspecified atom stereocenters. The van der Waals surface area contributed by atoms with Gasteiger partial charge >= 0.3 is 18.0 Å². The number of benzene rings is 1.